The van der Waals surface area contributed by atoms with Crippen molar-refractivity contribution >= 4 is 38.3 Å². The molecule has 4 heterocycles. The minimum atomic E-state index is -0.289. The predicted octanol–water partition coefficient (Wildman–Crippen LogP) is 4.38. The Kier molecular flexibility index (Phi) is 6.09. The van der Waals surface area contributed by atoms with Gasteiger partial charge in [-0.3, -0.25) is 4.90 Å². The van der Waals surface area contributed by atoms with E-state index in [2.05, 4.69) is 30.9 Å². The van der Waals surface area contributed by atoms with Gasteiger partial charge in [-0.05, 0) is 36.8 Å². The number of aromatic nitrogens is 3. The minimum absolute atomic E-state index is 0.0538. The molecule has 1 aliphatic rings. The van der Waals surface area contributed by atoms with E-state index in [0.717, 1.165) is 14.9 Å². The Morgan fingerprint density at radius 2 is 2.09 bits per heavy atom. The Balaban J connectivity index is 1.49. The predicted molar refractivity (Wildman–Crippen MR) is 126 cm³/mol. The van der Waals surface area contributed by atoms with E-state index >= 15 is 0 Å². The Hall–Kier alpha value is -2.89. The van der Waals surface area contributed by atoms with E-state index in [1.807, 2.05) is 24.3 Å². The van der Waals surface area contributed by atoms with Gasteiger partial charge in [-0.25, -0.2) is 4.79 Å². The van der Waals surface area contributed by atoms with Crippen LogP contribution in [0.15, 0.2) is 51.6 Å². The summed E-state index contributed by atoms with van der Waals surface area (Å²) in [6.45, 7) is 4.54. The first-order valence-corrected chi connectivity index (χ1v) is 12.2. The first-order chi connectivity index (χ1) is 16.0. The first-order valence-electron chi connectivity index (χ1n) is 10.6. The third-order valence-corrected chi connectivity index (χ3v) is 7.13. The molecule has 4 aromatic rings. The van der Waals surface area contributed by atoms with Gasteiger partial charge in [0, 0.05) is 30.7 Å². The van der Waals surface area contributed by atoms with Gasteiger partial charge in [0.1, 0.15) is 0 Å². The highest BCUT2D eigenvalue weighted by atomic mass is 79.9. The van der Waals surface area contributed by atoms with E-state index in [9.17, 15) is 9.90 Å². The lowest BCUT2D eigenvalue weighted by Gasteiger charge is -2.38. The Bertz CT molecular complexity index is 1260. The molecule has 0 aliphatic carbocycles. The zero-order chi connectivity index (χ0) is 22.9. The average Bonchev–Trinajstić information content (AvgIpc) is 3.54. The molecule has 1 unspecified atom stereocenters. The smallest absolute Gasteiger partial charge is 0.409 e. The van der Waals surface area contributed by atoms with Gasteiger partial charge in [0.05, 0.1) is 23.8 Å². The van der Waals surface area contributed by atoms with E-state index in [-0.39, 0.29) is 18.0 Å². The molecule has 1 N–H and O–H groups in total. The molecule has 1 aliphatic heterocycles. The molecule has 0 saturated carbocycles. The number of carbonyl (C=O) groups excluding carboxylic acids is 1. The first kappa shape index (κ1) is 21.9. The number of benzene rings is 1. The number of hydrogen-bond acceptors (Lipinski definition) is 8. The second-order valence-electron chi connectivity index (χ2n) is 7.58. The zero-order valence-electron chi connectivity index (χ0n) is 17.8. The number of ether oxygens (including phenoxy) is 1. The van der Waals surface area contributed by atoms with Crippen LogP contribution < -0.4 is 0 Å². The molecule has 9 nitrogen and oxygen atoms in total. The van der Waals surface area contributed by atoms with Gasteiger partial charge in [0.15, 0.2) is 5.76 Å². The van der Waals surface area contributed by atoms with Crippen molar-refractivity contribution in [2.24, 2.45) is 0 Å². The summed E-state index contributed by atoms with van der Waals surface area (Å²) in [7, 11) is 0. The fourth-order valence-electron chi connectivity index (χ4n) is 4.02. The number of aromatic hydroxyl groups is 1. The molecule has 1 fully saturated rings. The molecule has 0 radical (unpaired) electrons. The summed E-state index contributed by atoms with van der Waals surface area (Å²) >= 11 is 4.96. The zero-order valence-corrected chi connectivity index (χ0v) is 20.3. The van der Waals surface area contributed by atoms with E-state index in [0.29, 0.717) is 49.3 Å². The lowest BCUT2D eigenvalue weighted by molar-refractivity contribution is 0.0715. The van der Waals surface area contributed by atoms with Crippen LogP contribution in [0, 0.1) is 0 Å². The van der Waals surface area contributed by atoms with Crippen molar-refractivity contribution < 1.29 is 19.1 Å². The third kappa shape index (κ3) is 4.23. The van der Waals surface area contributed by atoms with Crippen LogP contribution in [0.5, 0.6) is 5.88 Å². The maximum absolute atomic E-state index is 12.1. The van der Waals surface area contributed by atoms with Crippen molar-refractivity contribution in [2.45, 2.75) is 13.0 Å². The summed E-state index contributed by atoms with van der Waals surface area (Å²) in [4.78, 5) is 22.0. The van der Waals surface area contributed by atoms with Gasteiger partial charge in [0.25, 0.3) is 0 Å². The van der Waals surface area contributed by atoms with Gasteiger partial charge < -0.3 is 19.2 Å². The monoisotopic (exact) mass is 531 g/mol. The Morgan fingerprint density at radius 3 is 2.76 bits per heavy atom. The number of nitrogens with zero attached hydrogens (tertiary/aromatic N) is 5. The Morgan fingerprint density at radius 1 is 1.27 bits per heavy atom. The van der Waals surface area contributed by atoms with E-state index in [1.54, 1.807) is 30.2 Å². The molecule has 11 heteroatoms. The van der Waals surface area contributed by atoms with Gasteiger partial charge in [-0.1, -0.05) is 39.4 Å². The second-order valence-corrected chi connectivity index (χ2v) is 9.50. The number of fused-ring (bicyclic) bond motifs is 1. The number of furan rings is 1. The normalized spacial score (nSPS) is 15.8. The molecule has 33 heavy (non-hydrogen) atoms. The van der Waals surface area contributed by atoms with Crippen LogP contribution in [0.3, 0.4) is 0 Å². The molecule has 1 aromatic carbocycles. The van der Waals surface area contributed by atoms with Crippen LogP contribution in [-0.4, -0.2) is 68.4 Å². The Labute approximate surface area is 202 Å². The molecule has 0 spiro atoms. The van der Waals surface area contributed by atoms with Crippen LogP contribution in [0.25, 0.3) is 16.5 Å². The van der Waals surface area contributed by atoms with Crippen molar-refractivity contribution in [3.05, 3.63) is 57.6 Å². The quantitative estimate of drug-likeness (QED) is 0.408. The molecule has 0 bridgehead atoms. The van der Waals surface area contributed by atoms with E-state index in [4.69, 9.17) is 9.15 Å². The molecule has 5 rings (SSSR count). The molecular weight excluding hydrogens is 510 g/mol. The fourth-order valence-corrected chi connectivity index (χ4v) is 5.55. The SMILES string of the molecule is CCOC(=O)N1CCN(C(c2cccc(Br)c2)c2sc3nc(-c4ccco4)nn3c2O)CC1. The van der Waals surface area contributed by atoms with Crippen molar-refractivity contribution in [3.63, 3.8) is 0 Å². The maximum atomic E-state index is 12.1. The topological polar surface area (TPSA) is 96.3 Å². The standard InChI is InChI=1S/C22H22BrN5O4S/c1-2-31-22(30)27-10-8-26(9-11-27)17(14-5-3-6-15(23)13-14)18-20(29)28-21(33-18)24-19(25-28)16-7-4-12-32-16/h3-7,12-13,17,29H,2,8-11H2,1H3. The average molecular weight is 532 g/mol. The number of hydrogen-bond donors (Lipinski definition) is 1. The number of amides is 1. The van der Waals surface area contributed by atoms with E-state index in [1.165, 1.54) is 15.9 Å². The second kappa shape index (κ2) is 9.16. The lowest BCUT2D eigenvalue weighted by Crippen LogP contribution is -2.49. The van der Waals surface area contributed by atoms with Crippen molar-refractivity contribution in [1.82, 2.24) is 24.4 Å². The molecule has 1 amide bonds. The fraction of sp³-hybridized carbons (Fsp3) is 0.318. The number of thiazole rings is 1. The summed E-state index contributed by atoms with van der Waals surface area (Å²) in [6.07, 6.45) is 1.28. The lowest BCUT2D eigenvalue weighted by atomic mass is 10.0. The van der Waals surface area contributed by atoms with Crippen molar-refractivity contribution in [3.8, 4) is 17.5 Å². The largest absolute Gasteiger partial charge is 0.492 e. The number of carbonyl (C=O) groups is 1. The van der Waals surface area contributed by atoms with Crippen LogP contribution in [-0.2, 0) is 4.74 Å². The van der Waals surface area contributed by atoms with Gasteiger partial charge in [-0.15, -0.1) is 5.10 Å². The van der Waals surface area contributed by atoms with Crippen LogP contribution in [0.1, 0.15) is 23.4 Å². The van der Waals surface area contributed by atoms with Gasteiger partial charge >= 0.3 is 6.09 Å². The van der Waals surface area contributed by atoms with Crippen LogP contribution in [0.2, 0.25) is 0 Å². The molecular formula is C22H22BrN5O4S. The summed E-state index contributed by atoms with van der Waals surface area (Å²) in [5, 5.41) is 15.6. The van der Waals surface area contributed by atoms with E-state index < -0.39 is 0 Å². The highest BCUT2D eigenvalue weighted by molar-refractivity contribution is 9.10. The van der Waals surface area contributed by atoms with Crippen LogP contribution in [0.4, 0.5) is 4.79 Å². The summed E-state index contributed by atoms with van der Waals surface area (Å²) in [5.41, 5.74) is 1.03. The maximum Gasteiger partial charge on any atom is 0.409 e. The highest BCUT2D eigenvalue weighted by Gasteiger charge is 2.33. The highest BCUT2D eigenvalue weighted by Crippen LogP contribution is 2.41. The van der Waals surface area contributed by atoms with Gasteiger partial charge in [-0.2, -0.15) is 9.50 Å². The minimum Gasteiger partial charge on any atom is -0.492 e. The van der Waals surface area contributed by atoms with Crippen molar-refractivity contribution in [2.75, 3.05) is 32.8 Å². The third-order valence-electron chi connectivity index (χ3n) is 5.56. The summed E-state index contributed by atoms with van der Waals surface area (Å²) in [6, 6.07) is 11.4. The number of piperazine rings is 1. The van der Waals surface area contributed by atoms with Crippen LogP contribution >= 0.6 is 27.3 Å². The summed E-state index contributed by atoms with van der Waals surface area (Å²) in [5.74, 6) is 1.03. The van der Waals surface area contributed by atoms with Gasteiger partial charge in [0.2, 0.25) is 16.7 Å². The number of rotatable bonds is 5. The molecule has 3 aromatic heterocycles. The number of halogens is 1. The molecule has 1 saturated heterocycles. The summed E-state index contributed by atoms with van der Waals surface area (Å²) < 4.78 is 12.9. The van der Waals surface area contributed by atoms with Crippen molar-refractivity contribution in [1.29, 1.82) is 0 Å². The molecule has 172 valence electrons. The molecule has 1 atom stereocenters.